The summed E-state index contributed by atoms with van der Waals surface area (Å²) in [6, 6.07) is 0. The minimum atomic E-state index is -3.01. The van der Waals surface area contributed by atoms with Crippen molar-refractivity contribution in [3.05, 3.63) is 0 Å². The van der Waals surface area contributed by atoms with Crippen molar-refractivity contribution < 1.29 is 8.42 Å². The maximum atomic E-state index is 10.7. The molecule has 1 atom stereocenters. The molecule has 86 valence electrons. The van der Waals surface area contributed by atoms with E-state index in [4.69, 9.17) is 0 Å². The predicted octanol–water partition coefficient (Wildman–Crippen LogP) is 0.561. The van der Waals surface area contributed by atoms with E-state index in [1.54, 1.807) is 0 Å². The molecule has 5 heteroatoms. The summed E-state index contributed by atoms with van der Waals surface area (Å²) in [6.07, 6.45) is 3.19. The number of hydrogen-bond donors (Lipinski definition) is 2. The van der Waals surface area contributed by atoms with Gasteiger partial charge in [0.05, 0.1) is 6.26 Å². The molecule has 0 saturated heterocycles. The van der Waals surface area contributed by atoms with E-state index < -0.39 is 10.0 Å². The lowest BCUT2D eigenvalue weighted by Gasteiger charge is -2.09. The van der Waals surface area contributed by atoms with Gasteiger partial charge in [0.2, 0.25) is 10.0 Å². The van der Waals surface area contributed by atoms with Crippen LogP contribution in [0.3, 0.4) is 0 Å². The highest BCUT2D eigenvalue weighted by Gasteiger charge is 1.99. The molecule has 0 rings (SSSR count). The fourth-order valence-corrected chi connectivity index (χ4v) is 1.48. The van der Waals surface area contributed by atoms with E-state index >= 15 is 0 Å². The second kappa shape index (κ2) is 7.20. The highest BCUT2D eigenvalue weighted by Crippen LogP contribution is 1.96. The smallest absolute Gasteiger partial charge is 0.208 e. The van der Waals surface area contributed by atoms with E-state index in [1.165, 1.54) is 12.7 Å². The van der Waals surface area contributed by atoms with Crippen molar-refractivity contribution in [2.75, 3.05) is 25.9 Å². The first kappa shape index (κ1) is 13.9. The van der Waals surface area contributed by atoms with Crippen LogP contribution >= 0.6 is 0 Å². The third kappa shape index (κ3) is 9.95. The second-order valence-corrected chi connectivity index (χ2v) is 5.57. The molecular weight excluding hydrogens is 200 g/mol. The number of rotatable bonds is 8. The quantitative estimate of drug-likeness (QED) is 0.590. The van der Waals surface area contributed by atoms with Gasteiger partial charge < -0.3 is 5.32 Å². The minimum Gasteiger partial charge on any atom is -0.316 e. The topological polar surface area (TPSA) is 58.2 Å². The normalized spacial score (nSPS) is 14.2. The van der Waals surface area contributed by atoms with Crippen LogP contribution in [0, 0.1) is 5.92 Å². The molecule has 0 spiro atoms. The summed E-state index contributed by atoms with van der Waals surface area (Å²) >= 11 is 0. The van der Waals surface area contributed by atoms with Crippen molar-refractivity contribution in [1.29, 1.82) is 0 Å². The van der Waals surface area contributed by atoms with E-state index in [-0.39, 0.29) is 0 Å². The first-order valence-corrected chi connectivity index (χ1v) is 7.00. The Morgan fingerprint density at radius 2 is 1.93 bits per heavy atom. The Kier molecular flexibility index (Phi) is 7.13. The monoisotopic (exact) mass is 222 g/mol. The summed E-state index contributed by atoms with van der Waals surface area (Å²) in [6.45, 7) is 6.76. The van der Waals surface area contributed by atoms with Crippen molar-refractivity contribution in [3.63, 3.8) is 0 Å². The lowest BCUT2D eigenvalue weighted by Crippen LogP contribution is -2.28. The molecule has 0 aromatic rings. The van der Waals surface area contributed by atoms with Gasteiger partial charge in [0.25, 0.3) is 0 Å². The average Bonchev–Trinajstić information content (AvgIpc) is 2.08. The molecule has 0 radical (unpaired) electrons. The Labute approximate surface area is 87.5 Å². The molecule has 0 aliphatic heterocycles. The molecular formula is C9H22N2O2S. The van der Waals surface area contributed by atoms with Crippen LogP contribution in [0.25, 0.3) is 0 Å². The number of nitrogens with one attached hydrogen (secondary N) is 2. The lowest BCUT2D eigenvalue weighted by molar-refractivity contribution is 0.494. The highest BCUT2D eigenvalue weighted by molar-refractivity contribution is 7.88. The van der Waals surface area contributed by atoms with Crippen LogP contribution in [0.4, 0.5) is 0 Å². The van der Waals surface area contributed by atoms with Crippen LogP contribution in [-0.2, 0) is 10.0 Å². The molecule has 0 amide bonds. The minimum absolute atomic E-state index is 0.520. The molecule has 0 fully saturated rings. The van der Waals surface area contributed by atoms with E-state index in [2.05, 4.69) is 23.9 Å². The van der Waals surface area contributed by atoms with Crippen molar-refractivity contribution in [2.24, 2.45) is 5.92 Å². The molecule has 0 heterocycles. The average molecular weight is 222 g/mol. The molecule has 0 bridgehead atoms. The standard InChI is InChI=1S/C9H22N2O2S/c1-4-9(2)8-10-6-5-7-11-14(3,12)13/h9-11H,4-8H2,1-3H3. The highest BCUT2D eigenvalue weighted by atomic mass is 32.2. The van der Waals surface area contributed by atoms with Crippen molar-refractivity contribution in [2.45, 2.75) is 26.7 Å². The van der Waals surface area contributed by atoms with Gasteiger partial charge in [0.15, 0.2) is 0 Å². The molecule has 0 aliphatic rings. The number of sulfonamides is 1. The van der Waals surface area contributed by atoms with Gasteiger partial charge >= 0.3 is 0 Å². The summed E-state index contributed by atoms with van der Waals surface area (Å²) < 4.78 is 23.8. The van der Waals surface area contributed by atoms with Crippen LogP contribution in [0.1, 0.15) is 26.7 Å². The SMILES string of the molecule is CCC(C)CNCCCNS(C)(=O)=O. The van der Waals surface area contributed by atoms with E-state index in [9.17, 15) is 8.42 Å². The van der Waals surface area contributed by atoms with Crippen LogP contribution in [0.5, 0.6) is 0 Å². The summed E-state index contributed by atoms with van der Waals surface area (Å²) in [7, 11) is -3.01. The molecule has 0 aromatic carbocycles. The molecule has 0 saturated carbocycles. The van der Waals surface area contributed by atoms with Gasteiger partial charge in [-0.05, 0) is 25.4 Å². The summed E-state index contributed by atoms with van der Waals surface area (Å²) in [5, 5.41) is 3.29. The van der Waals surface area contributed by atoms with Crippen molar-refractivity contribution in [3.8, 4) is 0 Å². The fourth-order valence-electron chi connectivity index (χ4n) is 0.964. The Bertz CT molecular complexity index is 227. The largest absolute Gasteiger partial charge is 0.316 e. The van der Waals surface area contributed by atoms with Gasteiger partial charge in [-0.15, -0.1) is 0 Å². The van der Waals surface area contributed by atoms with Crippen LogP contribution in [0.2, 0.25) is 0 Å². The molecule has 0 aromatic heterocycles. The van der Waals surface area contributed by atoms with Gasteiger partial charge in [0, 0.05) is 6.54 Å². The Balaban J connectivity index is 3.23. The Hall–Kier alpha value is -0.130. The Morgan fingerprint density at radius 3 is 2.43 bits per heavy atom. The Morgan fingerprint density at radius 1 is 1.29 bits per heavy atom. The first-order valence-electron chi connectivity index (χ1n) is 5.11. The van der Waals surface area contributed by atoms with Gasteiger partial charge in [-0.1, -0.05) is 20.3 Å². The van der Waals surface area contributed by atoms with Crippen LogP contribution < -0.4 is 10.0 Å². The first-order chi connectivity index (χ1) is 6.45. The molecule has 2 N–H and O–H groups in total. The van der Waals surface area contributed by atoms with E-state index in [0.29, 0.717) is 12.5 Å². The van der Waals surface area contributed by atoms with Gasteiger partial charge in [-0.2, -0.15) is 0 Å². The lowest BCUT2D eigenvalue weighted by atomic mass is 10.1. The third-order valence-electron chi connectivity index (χ3n) is 2.08. The van der Waals surface area contributed by atoms with E-state index in [0.717, 1.165) is 19.5 Å². The summed E-state index contributed by atoms with van der Waals surface area (Å²) in [4.78, 5) is 0. The van der Waals surface area contributed by atoms with Crippen LogP contribution in [-0.4, -0.2) is 34.3 Å². The van der Waals surface area contributed by atoms with Gasteiger partial charge in [0.1, 0.15) is 0 Å². The maximum absolute atomic E-state index is 10.7. The maximum Gasteiger partial charge on any atom is 0.208 e. The fraction of sp³-hybridized carbons (Fsp3) is 1.00. The molecule has 4 nitrogen and oxygen atoms in total. The molecule has 1 unspecified atom stereocenters. The zero-order valence-corrected chi connectivity index (χ0v) is 10.2. The zero-order chi connectivity index (χ0) is 11.0. The van der Waals surface area contributed by atoms with Gasteiger partial charge in [-0.3, -0.25) is 0 Å². The summed E-state index contributed by atoms with van der Waals surface area (Å²) in [5.41, 5.74) is 0. The van der Waals surface area contributed by atoms with Gasteiger partial charge in [-0.25, -0.2) is 13.1 Å². The zero-order valence-electron chi connectivity index (χ0n) is 9.34. The second-order valence-electron chi connectivity index (χ2n) is 3.74. The molecule has 14 heavy (non-hydrogen) atoms. The summed E-state index contributed by atoms with van der Waals surface area (Å²) in [5.74, 6) is 0.692. The van der Waals surface area contributed by atoms with Crippen molar-refractivity contribution in [1.82, 2.24) is 10.0 Å². The van der Waals surface area contributed by atoms with Crippen molar-refractivity contribution >= 4 is 10.0 Å². The van der Waals surface area contributed by atoms with E-state index in [1.807, 2.05) is 0 Å². The third-order valence-corrected chi connectivity index (χ3v) is 2.81. The molecule has 0 aliphatic carbocycles. The predicted molar refractivity (Wildman–Crippen MR) is 59.8 cm³/mol. The number of hydrogen-bond acceptors (Lipinski definition) is 3. The van der Waals surface area contributed by atoms with Crippen LogP contribution in [0.15, 0.2) is 0 Å².